The number of hydrogen-bond donors (Lipinski definition) is 0. The molecule has 0 saturated carbocycles. The maximum absolute atomic E-state index is 13.9. The van der Waals surface area contributed by atoms with Gasteiger partial charge in [-0.2, -0.15) is 0 Å². The molecule has 3 aromatic rings. The van der Waals surface area contributed by atoms with E-state index < -0.39 is 0 Å². The Bertz CT molecular complexity index is 992. The van der Waals surface area contributed by atoms with Crippen LogP contribution < -0.4 is 0 Å². The first kappa shape index (κ1) is 15.5. The maximum atomic E-state index is 13.9. The van der Waals surface area contributed by atoms with Gasteiger partial charge in [-0.1, -0.05) is 40.2 Å². The van der Waals surface area contributed by atoms with Crippen LogP contribution in [0.15, 0.2) is 58.1 Å². The van der Waals surface area contributed by atoms with E-state index in [1.54, 1.807) is 12.3 Å². The van der Waals surface area contributed by atoms with Crippen molar-refractivity contribution >= 4 is 32.5 Å². The van der Waals surface area contributed by atoms with Gasteiger partial charge in [-0.3, -0.25) is 9.98 Å². The van der Waals surface area contributed by atoms with Crippen molar-refractivity contribution in [2.75, 3.05) is 0 Å². The number of fused-ring (bicyclic) bond motifs is 2. The quantitative estimate of drug-likeness (QED) is 0.559. The van der Waals surface area contributed by atoms with E-state index in [1.165, 1.54) is 11.6 Å². The van der Waals surface area contributed by atoms with E-state index in [4.69, 9.17) is 4.99 Å². The minimum absolute atomic E-state index is 0.191. The van der Waals surface area contributed by atoms with Crippen molar-refractivity contribution < 1.29 is 4.39 Å². The highest BCUT2D eigenvalue weighted by molar-refractivity contribution is 9.10. The summed E-state index contributed by atoms with van der Waals surface area (Å²) < 4.78 is 15.0. The van der Waals surface area contributed by atoms with Crippen LogP contribution in [-0.4, -0.2) is 16.2 Å². The zero-order valence-electron chi connectivity index (χ0n) is 13.5. The number of halogens is 2. The molecule has 120 valence electrons. The summed E-state index contributed by atoms with van der Waals surface area (Å²) in [5.74, 6) is -0.298. The van der Waals surface area contributed by atoms with Gasteiger partial charge in [0.2, 0.25) is 0 Å². The SMILES string of the molecule is CC1(C)Cc2c(Br)cccc2C(c2cnc3c(F)cccc3c2)=N1. The van der Waals surface area contributed by atoms with Gasteiger partial charge in [-0.25, -0.2) is 4.39 Å². The Balaban J connectivity index is 1.95. The predicted molar refractivity (Wildman–Crippen MR) is 99.3 cm³/mol. The number of nitrogens with zero attached hydrogens (tertiary/aromatic N) is 2. The lowest BCUT2D eigenvalue weighted by Crippen LogP contribution is -2.29. The van der Waals surface area contributed by atoms with Gasteiger partial charge in [0.25, 0.3) is 0 Å². The number of aromatic nitrogens is 1. The highest BCUT2D eigenvalue weighted by atomic mass is 79.9. The van der Waals surface area contributed by atoms with Gasteiger partial charge in [-0.15, -0.1) is 0 Å². The minimum Gasteiger partial charge on any atom is -0.278 e. The van der Waals surface area contributed by atoms with E-state index in [-0.39, 0.29) is 11.4 Å². The second-order valence-corrected chi connectivity index (χ2v) is 7.61. The Labute approximate surface area is 148 Å². The summed E-state index contributed by atoms with van der Waals surface area (Å²) in [5.41, 5.74) is 4.41. The third-order valence-electron chi connectivity index (χ3n) is 4.33. The van der Waals surface area contributed by atoms with Crippen LogP contribution in [-0.2, 0) is 6.42 Å². The summed E-state index contributed by atoms with van der Waals surface area (Å²) in [5, 5.41) is 0.787. The van der Waals surface area contributed by atoms with Crippen molar-refractivity contribution in [1.82, 2.24) is 4.98 Å². The van der Waals surface area contributed by atoms with Crippen molar-refractivity contribution in [3.05, 3.63) is 75.6 Å². The summed E-state index contributed by atoms with van der Waals surface area (Å²) in [6, 6.07) is 13.2. The number of hydrogen-bond acceptors (Lipinski definition) is 2. The van der Waals surface area contributed by atoms with Crippen LogP contribution in [0.2, 0.25) is 0 Å². The molecule has 0 aliphatic carbocycles. The highest BCUT2D eigenvalue weighted by Gasteiger charge is 2.29. The largest absolute Gasteiger partial charge is 0.278 e. The Kier molecular flexibility index (Phi) is 3.53. The fourth-order valence-corrected chi connectivity index (χ4v) is 3.77. The third kappa shape index (κ3) is 2.55. The summed E-state index contributed by atoms with van der Waals surface area (Å²) in [6.07, 6.45) is 2.60. The van der Waals surface area contributed by atoms with Crippen molar-refractivity contribution in [2.24, 2.45) is 4.99 Å². The number of aliphatic imine (C=N–C) groups is 1. The average molecular weight is 383 g/mol. The summed E-state index contributed by atoms with van der Waals surface area (Å²) in [6.45, 7) is 4.26. The van der Waals surface area contributed by atoms with Crippen LogP contribution in [0.1, 0.15) is 30.5 Å². The molecule has 24 heavy (non-hydrogen) atoms. The van der Waals surface area contributed by atoms with Gasteiger partial charge in [0.15, 0.2) is 0 Å². The molecule has 4 rings (SSSR count). The first-order chi connectivity index (χ1) is 11.4. The predicted octanol–water partition coefficient (Wildman–Crippen LogP) is 5.31. The van der Waals surface area contributed by atoms with E-state index in [9.17, 15) is 4.39 Å². The van der Waals surface area contributed by atoms with Gasteiger partial charge in [0.1, 0.15) is 11.3 Å². The molecule has 0 N–H and O–H groups in total. The molecule has 1 aliphatic rings. The summed E-state index contributed by atoms with van der Waals surface area (Å²) >= 11 is 3.66. The van der Waals surface area contributed by atoms with Crippen molar-refractivity contribution in [3.8, 4) is 0 Å². The highest BCUT2D eigenvalue weighted by Crippen LogP contribution is 2.34. The van der Waals surface area contributed by atoms with Crippen LogP contribution in [0.5, 0.6) is 0 Å². The molecule has 2 nitrogen and oxygen atoms in total. The standard InChI is InChI=1S/C20H16BrFN2/c1-20(2)10-15-14(6-4-7-16(15)21)18(24-20)13-9-12-5-3-8-17(22)19(12)23-11-13/h3-9,11H,10H2,1-2H3. The number of para-hydroxylation sites is 1. The van der Waals surface area contributed by atoms with Gasteiger partial charge < -0.3 is 0 Å². The molecule has 0 spiro atoms. The first-order valence-corrected chi connectivity index (χ1v) is 8.66. The lowest BCUT2D eigenvalue weighted by atomic mass is 9.85. The molecule has 4 heteroatoms. The lowest BCUT2D eigenvalue weighted by Gasteiger charge is -2.30. The average Bonchev–Trinajstić information content (AvgIpc) is 2.54. The fourth-order valence-electron chi connectivity index (χ4n) is 3.27. The zero-order chi connectivity index (χ0) is 16.9. The third-order valence-corrected chi connectivity index (χ3v) is 5.08. The summed E-state index contributed by atoms with van der Waals surface area (Å²) in [4.78, 5) is 9.29. The fraction of sp³-hybridized carbons (Fsp3) is 0.200. The number of rotatable bonds is 1. The van der Waals surface area contributed by atoms with Gasteiger partial charge in [-0.05, 0) is 44.0 Å². The lowest BCUT2D eigenvalue weighted by molar-refractivity contribution is 0.512. The Morgan fingerprint density at radius 1 is 1.12 bits per heavy atom. The van der Waals surface area contributed by atoms with Crippen molar-refractivity contribution in [2.45, 2.75) is 25.8 Å². The van der Waals surface area contributed by atoms with E-state index in [0.29, 0.717) is 5.52 Å². The molecule has 1 aromatic heterocycles. The van der Waals surface area contributed by atoms with E-state index in [1.807, 2.05) is 18.2 Å². The Morgan fingerprint density at radius 2 is 1.92 bits per heavy atom. The van der Waals surface area contributed by atoms with Crippen molar-refractivity contribution in [1.29, 1.82) is 0 Å². The van der Waals surface area contributed by atoms with Gasteiger partial charge >= 0.3 is 0 Å². The molecule has 0 bridgehead atoms. The van der Waals surface area contributed by atoms with Crippen molar-refractivity contribution in [3.63, 3.8) is 0 Å². The molecular weight excluding hydrogens is 367 g/mol. The van der Waals surface area contributed by atoms with Crippen LogP contribution in [0.25, 0.3) is 10.9 Å². The monoisotopic (exact) mass is 382 g/mol. The van der Waals surface area contributed by atoms with E-state index in [2.05, 4.69) is 46.9 Å². The van der Waals surface area contributed by atoms with E-state index >= 15 is 0 Å². The number of pyridine rings is 1. The maximum Gasteiger partial charge on any atom is 0.149 e. The van der Waals surface area contributed by atoms with Crippen LogP contribution in [0.3, 0.4) is 0 Å². The molecule has 2 heterocycles. The second kappa shape index (κ2) is 5.49. The molecule has 0 fully saturated rings. The van der Waals surface area contributed by atoms with E-state index in [0.717, 1.165) is 33.1 Å². The molecule has 0 radical (unpaired) electrons. The normalized spacial score (nSPS) is 15.9. The molecule has 0 amide bonds. The molecule has 2 aromatic carbocycles. The minimum atomic E-state index is -0.298. The smallest absolute Gasteiger partial charge is 0.149 e. The zero-order valence-corrected chi connectivity index (χ0v) is 15.1. The van der Waals surface area contributed by atoms with Crippen LogP contribution >= 0.6 is 15.9 Å². The first-order valence-electron chi connectivity index (χ1n) is 7.87. The molecular formula is C20H16BrFN2. The van der Waals surface area contributed by atoms with Crippen LogP contribution in [0.4, 0.5) is 4.39 Å². The Hall–Kier alpha value is -2.07. The number of benzene rings is 2. The molecule has 0 unspecified atom stereocenters. The Morgan fingerprint density at radius 3 is 2.75 bits per heavy atom. The molecule has 0 atom stereocenters. The van der Waals surface area contributed by atoms with Gasteiger partial charge in [0, 0.05) is 27.2 Å². The van der Waals surface area contributed by atoms with Gasteiger partial charge in [0.05, 0.1) is 11.3 Å². The van der Waals surface area contributed by atoms with Crippen LogP contribution in [0, 0.1) is 5.82 Å². The molecule has 0 saturated heterocycles. The topological polar surface area (TPSA) is 25.2 Å². The second-order valence-electron chi connectivity index (χ2n) is 6.75. The molecule has 1 aliphatic heterocycles. The summed E-state index contributed by atoms with van der Waals surface area (Å²) in [7, 11) is 0.